The molecule has 2 unspecified atom stereocenters. The number of aromatic nitrogens is 2. The first-order valence-electron chi connectivity index (χ1n) is 15.8. The molecule has 44 heavy (non-hydrogen) atoms. The van der Waals surface area contributed by atoms with Crippen LogP contribution in [0.2, 0.25) is 0 Å². The smallest absolute Gasteiger partial charge is 0.0620 e. The second-order valence-electron chi connectivity index (χ2n) is 12.8. The van der Waals surface area contributed by atoms with E-state index in [0.717, 1.165) is 12.8 Å². The van der Waals surface area contributed by atoms with Crippen LogP contribution in [0.1, 0.15) is 47.1 Å². The van der Waals surface area contributed by atoms with E-state index in [2.05, 4.69) is 142 Å². The van der Waals surface area contributed by atoms with Crippen molar-refractivity contribution in [1.29, 1.82) is 0 Å². The van der Waals surface area contributed by atoms with Crippen LogP contribution in [0, 0.1) is 0 Å². The van der Waals surface area contributed by atoms with Crippen LogP contribution < -0.4 is 0 Å². The molecule has 2 nitrogen and oxygen atoms in total. The molecule has 0 N–H and O–H groups in total. The number of hydrogen-bond donors (Lipinski definition) is 0. The minimum Gasteiger partial charge on any atom is -0.312 e. The van der Waals surface area contributed by atoms with Crippen molar-refractivity contribution in [3.05, 3.63) is 150 Å². The fourth-order valence-corrected chi connectivity index (χ4v) is 8.88. The zero-order valence-electron chi connectivity index (χ0n) is 24.2. The molecule has 5 aromatic carbocycles. The first-order valence-corrected chi connectivity index (χ1v) is 15.8. The molecular weight excluding hydrogens is 532 g/mol. The van der Waals surface area contributed by atoms with Gasteiger partial charge in [-0.05, 0) is 71.0 Å². The highest BCUT2D eigenvalue weighted by molar-refractivity contribution is 6.23. The van der Waals surface area contributed by atoms with Crippen LogP contribution in [0.15, 0.2) is 127 Å². The summed E-state index contributed by atoms with van der Waals surface area (Å²) in [7, 11) is 0. The number of fused-ring (bicyclic) bond motifs is 12. The van der Waals surface area contributed by atoms with E-state index >= 15 is 0 Å². The Kier molecular flexibility index (Phi) is 4.31. The number of nitrogens with zero attached hydrogens (tertiary/aromatic N) is 2. The number of para-hydroxylation sites is 2. The molecule has 0 amide bonds. The Morgan fingerprint density at radius 1 is 0.568 bits per heavy atom. The molecule has 0 spiro atoms. The predicted molar refractivity (Wildman–Crippen MR) is 185 cm³/mol. The van der Waals surface area contributed by atoms with Crippen LogP contribution in [-0.2, 0) is 0 Å². The zero-order chi connectivity index (χ0) is 28.5. The third kappa shape index (κ3) is 2.77. The lowest BCUT2D eigenvalue weighted by Gasteiger charge is -2.24. The standard InChI is InChI=1S/C42H28N2/c1-2-9-25(10-3-1)26-20-22-37-35(23-26)33-15-6-13-32-30-21-19-27(24-39(30)44(37)41(32)33)28-12-8-18-38-40(28)34-16-7-14-31-29-11-4-5-17-36(29)43(38)42(31)34/h1-10,13-24,28-29H,11-12H2. The van der Waals surface area contributed by atoms with Crippen LogP contribution in [0.3, 0.4) is 0 Å². The molecule has 0 saturated carbocycles. The minimum atomic E-state index is 0.321. The maximum atomic E-state index is 2.58. The SMILES string of the molecule is C1=CCC2C(=C1)n1c3c(c4cccc2c41)C(c1ccc2c4cccc5c6cc(-c7ccccc7)ccc6n(c2c1)c54)CC=C3. The van der Waals surface area contributed by atoms with Crippen molar-refractivity contribution >= 4 is 60.8 Å². The molecule has 0 bridgehead atoms. The fraction of sp³-hybridized carbons (Fsp3) is 0.0952. The quantitative estimate of drug-likeness (QED) is 0.199. The van der Waals surface area contributed by atoms with Gasteiger partial charge in [-0.15, -0.1) is 0 Å². The van der Waals surface area contributed by atoms with Crippen LogP contribution in [0.5, 0.6) is 0 Å². The van der Waals surface area contributed by atoms with E-state index in [1.54, 1.807) is 0 Å². The molecule has 2 aliphatic carbocycles. The fourth-order valence-electron chi connectivity index (χ4n) is 8.88. The van der Waals surface area contributed by atoms with E-state index in [0.29, 0.717) is 11.8 Å². The monoisotopic (exact) mass is 560 g/mol. The van der Waals surface area contributed by atoms with Crippen LogP contribution >= 0.6 is 0 Å². The van der Waals surface area contributed by atoms with E-state index in [1.165, 1.54) is 88.2 Å². The van der Waals surface area contributed by atoms with Crippen molar-refractivity contribution in [2.75, 3.05) is 0 Å². The van der Waals surface area contributed by atoms with E-state index in [-0.39, 0.29) is 0 Å². The van der Waals surface area contributed by atoms with Gasteiger partial charge in [-0.3, -0.25) is 0 Å². The van der Waals surface area contributed by atoms with Crippen LogP contribution in [-0.4, -0.2) is 8.97 Å². The molecule has 206 valence electrons. The Bertz CT molecular complexity index is 2600. The summed E-state index contributed by atoms with van der Waals surface area (Å²) in [6, 6.07) is 38.8. The number of rotatable bonds is 2. The van der Waals surface area contributed by atoms with Crippen molar-refractivity contribution < 1.29 is 0 Å². The topological polar surface area (TPSA) is 9.34 Å². The zero-order valence-corrected chi connectivity index (χ0v) is 24.2. The molecule has 0 radical (unpaired) electrons. The summed E-state index contributed by atoms with van der Waals surface area (Å²) < 4.78 is 5.11. The first kappa shape index (κ1) is 23.2. The maximum absolute atomic E-state index is 2.58. The van der Waals surface area contributed by atoms with E-state index < -0.39 is 0 Å². The predicted octanol–water partition coefficient (Wildman–Crippen LogP) is 10.9. The third-order valence-electron chi connectivity index (χ3n) is 10.7. The maximum Gasteiger partial charge on any atom is 0.0620 e. The minimum absolute atomic E-state index is 0.321. The number of hydrogen-bond acceptors (Lipinski definition) is 0. The molecule has 2 atom stereocenters. The second kappa shape index (κ2) is 8.18. The van der Waals surface area contributed by atoms with Crippen molar-refractivity contribution in [3.8, 4) is 11.1 Å². The van der Waals surface area contributed by atoms with Crippen LogP contribution in [0.25, 0.3) is 71.9 Å². The lowest BCUT2D eigenvalue weighted by atomic mass is 9.82. The highest BCUT2D eigenvalue weighted by Crippen LogP contribution is 2.52. The molecule has 1 aliphatic heterocycles. The summed E-state index contributed by atoms with van der Waals surface area (Å²) in [6.45, 7) is 0. The van der Waals surface area contributed by atoms with Gasteiger partial charge in [-0.25, -0.2) is 0 Å². The van der Waals surface area contributed by atoms with Crippen LogP contribution in [0.4, 0.5) is 0 Å². The van der Waals surface area contributed by atoms with Gasteiger partial charge in [0.2, 0.25) is 0 Å². The van der Waals surface area contributed by atoms with Gasteiger partial charge in [-0.2, -0.15) is 0 Å². The van der Waals surface area contributed by atoms with Gasteiger partial charge in [0, 0.05) is 44.5 Å². The summed E-state index contributed by atoms with van der Waals surface area (Å²) in [5.74, 6) is 0.796. The molecule has 0 fully saturated rings. The van der Waals surface area contributed by atoms with E-state index in [9.17, 15) is 0 Å². The van der Waals surface area contributed by atoms with Gasteiger partial charge >= 0.3 is 0 Å². The molecule has 0 saturated heterocycles. The highest BCUT2D eigenvalue weighted by Gasteiger charge is 2.36. The molecule has 11 rings (SSSR count). The van der Waals surface area contributed by atoms with E-state index in [1.807, 2.05) is 0 Å². The Morgan fingerprint density at radius 2 is 1.41 bits per heavy atom. The van der Waals surface area contributed by atoms with Crippen molar-refractivity contribution in [1.82, 2.24) is 8.97 Å². The Hall–Kier alpha value is -5.34. The summed E-state index contributed by atoms with van der Waals surface area (Å²) in [4.78, 5) is 0. The molecular formula is C42H28N2. The van der Waals surface area contributed by atoms with E-state index in [4.69, 9.17) is 0 Å². The number of allylic oxidation sites excluding steroid dienone is 5. The van der Waals surface area contributed by atoms with Crippen molar-refractivity contribution in [3.63, 3.8) is 0 Å². The van der Waals surface area contributed by atoms with Gasteiger partial charge in [0.15, 0.2) is 0 Å². The third-order valence-corrected chi connectivity index (χ3v) is 10.7. The summed E-state index contributed by atoms with van der Waals surface area (Å²) in [5.41, 5.74) is 15.1. The van der Waals surface area contributed by atoms with Gasteiger partial charge in [0.05, 0.1) is 27.8 Å². The molecule has 3 aliphatic rings. The lowest BCUT2D eigenvalue weighted by Crippen LogP contribution is -2.09. The van der Waals surface area contributed by atoms with Crippen molar-refractivity contribution in [2.45, 2.75) is 24.7 Å². The molecule has 2 heteroatoms. The average molecular weight is 561 g/mol. The second-order valence-corrected chi connectivity index (χ2v) is 12.8. The van der Waals surface area contributed by atoms with Gasteiger partial charge in [0.1, 0.15) is 0 Å². The average Bonchev–Trinajstić information content (AvgIpc) is 3.82. The Balaban J connectivity index is 1.15. The lowest BCUT2D eigenvalue weighted by molar-refractivity contribution is 0.811. The first-order chi connectivity index (χ1) is 21.8. The summed E-state index contributed by atoms with van der Waals surface area (Å²) in [6.07, 6.45) is 13.8. The molecule has 3 aromatic heterocycles. The van der Waals surface area contributed by atoms with Gasteiger partial charge < -0.3 is 8.97 Å². The van der Waals surface area contributed by atoms with Gasteiger partial charge in [-0.1, -0.05) is 103 Å². The van der Waals surface area contributed by atoms with Crippen molar-refractivity contribution in [2.24, 2.45) is 0 Å². The Morgan fingerprint density at radius 3 is 2.34 bits per heavy atom. The summed E-state index contributed by atoms with van der Waals surface area (Å²) >= 11 is 0. The normalized spacial score (nSPS) is 18.7. The number of benzene rings is 5. The highest BCUT2D eigenvalue weighted by atomic mass is 15.0. The Labute approximate surface area is 254 Å². The largest absolute Gasteiger partial charge is 0.312 e. The molecule has 4 heterocycles. The molecule has 8 aromatic rings. The van der Waals surface area contributed by atoms with Gasteiger partial charge in [0.25, 0.3) is 0 Å². The summed E-state index contributed by atoms with van der Waals surface area (Å²) in [5, 5.41) is 6.75.